The maximum Gasteiger partial charge on any atom is 0.234 e. The molecule has 164 valence electrons. The molecule has 0 saturated carbocycles. The lowest BCUT2D eigenvalue weighted by Crippen LogP contribution is -2.15. The summed E-state index contributed by atoms with van der Waals surface area (Å²) < 4.78 is 12.7. The Morgan fingerprint density at radius 1 is 1.06 bits per heavy atom. The second-order valence-electron chi connectivity index (χ2n) is 7.16. The third kappa shape index (κ3) is 5.58. The highest BCUT2D eigenvalue weighted by molar-refractivity contribution is 7.99. The molecular formula is C23H28N4O3S. The van der Waals surface area contributed by atoms with Crippen LogP contribution in [-0.2, 0) is 17.8 Å². The fraction of sp³-hybridized carbons (Fsp3) is 0.348. The van der Waals surface area contributed by atoms with Crippen LogP contribution in [0.3, 0.4) is 0 Å². The molecule has 0 aliphatic rings. The van der Waals surface area contributed by atoms with Crippen molar-refractivity contribution in [1.29, 1.82) is 0 Å². The summed E-state index contributed by atoms with van der Waals surface area (Å²) in [6.45, 7) is 6.79. The summed E-state index contributed by atoms with van der Waals surface area (Å²) in [5.41, 5.74) is 4.10. The van der Waals surface area contributed by atoms with Gasteiger partial charge in [-0.25, -0.2) is 0 Å². The number of amides is 1. The van der Waals surface area contributed by atoms with E-state index in [9.17, 15) is 4.79 Å². The van der Waals surface area contributed by atoms with E-state index in [4.69, 9.17) is 9.47 Å². The average molecular weight is 441 g/mol. The molecule has 3 rings (SSSR count). The lowest BCUT2D eigenvalue weighted by molar-refractivity contribution is -0.113. The van der Waals surface area contributed by atoms with Crippen molar-refractivity contribution in [3.8, 4) is 11.5 Å². The van der Waals surface area contributed by atoms with Crippen molar-refractivity contribution in [2.45, 2.75) is 38.9 Å². The van der Waals surface area contributed by atoms with Gasteiger partial charge in [0.1, 0.15) is 5.82 Å². The number of nitrogens with zero attached hydrogens (tertiary/aromatic N) is 3. The number of aromatic nitrogens is 3. The standard InChI is InChI=1S/C23H28N4O3S/c1-6-27-21(13-17-8-10-19(29-4)20(12-17)30-5)25-26-23(27)31-14-22(28)24-18-9-7-15(2)11-16(18)3/h7-12H,6,13-14H2,1-5H3,(H,24,28). The van der Waals surface area contributed by atoms with E-state index in [1.54, 1.807) is 14.2 Å². The Morgan fingerprint density at radius 3 is 2.52 bits per heavy atom. The maximum absolute atomic E-state index is 12.4. The first kappa shape index (κ1) is 22.7. The lowest BCUT2D eigenvalue weighted by atomic mass is 10.1. The van der Waals surface area contributed by atoms with Crippen LogP contribution < -0.4 is 14.8 Å². The number of carbonyl (C=O) groups is 1. The fourth-order valence-electron chi connectivity index (χ4n) is 3.32. The van der Waals surface area contributed by atoms with Crippen LogP contribution in [0, 0.1) is 13.8 Å². The highest BCUT2D eigenvalue weighted by atomic mass is 32.2. The van der Waals surface area contributed by atoms with Gasteiger partial charge >= 0.3 is 0 Å². The lowest BCUT2D eigenvalue weighted by Gasteiger charge is -2.11. The van der Waals surface area contributed by atoms with Crippen LogP contribution >= 0.6 is 11.8 Å². The van der Waals surface area contributed by atoms with Crippen molar-refractivity contribution in [2.75, 3.05) is 25.3 Å². The average Bonchev–Trinajstić information content (AvgIpc) is 3.15. The number of rotatable bonds is 9. The number of carbonyl (C=O) groups excluding carboxylic acids is 1. The van der Waals surface area contributed by atoms with Crippen molar-refractivity contribution in [1.82, 2.24) is 14.8 Å². The van der Waals surface area contributed by atoms with Gasteiger partial charge in [-0.05, 0) is 50.1 Å². The second-order valence-corrected chi connectivity index (χ2v) is 8.11. The number of aryl methyl sites for hydroxylation is 2. The third-order valence-corrected chi connectivity index (χ3v) is 5.87. The first-order valence-corrected chi connectivity index (χ1v) is 11.1. The summed E-state index contributed by atoms with van der Waals surface area (Å²) in [5, 5.41) is 12.4. The van der Waals surface area contributed by atoms with Crippen LogP contribution in [-0.4, -0.2) is 40.6 Å². The number of anilines is 1. The first-order valence-electron chi connectivity index (χ1n) is 10.1. The molecule has 1 N–H and O–H groups in total. The summed E-state index contributed by atoms with van der Waals surface area (Å²) in [6.07, 6.45) is 0.608. The molecule has 1 heterocycles. The SMILES string of the molecule is CCn1c(Cc2ccc(OC)c(OC)c2)nnc1SCC(=O)Nc1ccc(C)cc1C. The van der Waals surface area contributed by atoms with E-state index in [0.29, 0.717) is 17.9 Å². The van der Waals surface area contributed by atoms with Crippen LogP contribution in [0.5, 0.6) is 11.5 Å². The molecule has 8 heteroatoms. The summed E-state index contributed by atoms with van der Waals surface area (Å²) in [6, 6.07) is 11.8. The Balaban J connectivity index is 1.66. The van der Waals surface area contributed by atoms with Crippen LogP contribution in [0.1, 0.15) is 29.4 Å². The molecule has 2 aromatic carbocycles. The topological polar surface area (TPSA) is 78.3 Å². The van der Waals surface area contributed by atoms with Gasteiger partial charge in [0.2, 0.25) is 5.91 Å². The maximum atomic E-state index is 12.4. The zero-order valence-corrected chi connectivity index (χ0v) is 19.4. The van der Waals surface area contributed by atoms with Crippen molar-refractivity contribution in [2.24, 2.45) is 0 Å². The Morgan fingerprint density at radius 2 is 1.84 bits per heavy atom. The number of thioether (sulfide) groups is 1. The second kappa shape index (κ2) is 10.3. The zero-order valence-electron chi connectivity index (χ0n) is 18.6. The van der Waals surface area contributed by atoms with Gasteiger partial charge in [-0.1, -0.05) is 35.5 Å². The molecule has 0 spiro atoms. The number of hydrogen-bond acceptors (Lipinski definition) is 6. The molecule has 0 aliphatic carbocycles. The molecule has 0 atom stereocenters. The fourth-order valence-corrected chi connectivity index (χ4v) is 4.14. The Bertz CT molecular complexity index is 1060. The summed E-state index contributed by atoms with van der Waals surface area (Å²) in [4.78, 5) is 12.4. The van der Waals surface area contributed by atoms with E-state index in [2.05, 4.69) is 21.6 Å². The minimum atomic E-state index is -0.0657. The molecule has 31 heavy (non-hydrogen) atoms. The Kier molecular flexibility index (Phi) is 7.57. The predicted molar refractivity (Wildman–Crippen MR) is 123 cm³/mol. The van der Waals surface area contributed by atoms with Gasteiger partial charge in [-0.2, -0.15) is 0 Å². The number of methoxy groups -OCH3 is 2. The van der Waals surface area contributed by atoms with E-state index in [0.717, 1.165) is 34.3 Å². The van der Waals surface area contributed by atoms with Gasteiger partial charge in [-0.15, -0.1) is 10.2 Å². The molecular weight excluding hydrogens is 412 g/mol. The van der Waals surface area contributed by atoms with Gasteiger partial charge < -0.3 is 19.4 Å². The molecule has 3 aromatic rings. The smallest absolute Gasteiger partial charge is 0.234 e. The van der Waals surface area contributed by atoms with E-state index in [1.165, 1.54) is 17.3 Å². The van der Waals surface area contributed by atoms with Gasteiger partial charge in [0.05, 0.1) is 20.0 Å². The third-order valence-electron chi connectivity index (χ3n) is 4.91. The molecule has 7 nitrogen and oxygen atoms in total. The van der Waals surface area contributed by atoms with Crippen molar-refractivity contribution >= 4 is 23.4 Å². The monoisotopic (exact) mass is 440 g/mol. The molecule has 0 bridgehead atoms. The van der Waals surface area contributed by atoms with Crippen LogP contribution in [0.25, 0.3) is 0 Å². The van der Waals surface area contributed by atoms with E-state index < -0.39 is 0 Å². The zero-order chi connectivity index (χ0) is 22.4. The number of nitrogens with one attached hydrogen (secondary N) is 1. The van der Waals surface area contributed by atoms with Crippen molar-refractivity contribution < 1.29 is 14.3 Å². The van der Waals surface area contributed by atoms with Gasteiger partial charge in [-0.3, -0.25) is 4.79 Å². The van der Waals surface area contributed by atoms with Crippen molar-refractivity contribution in [3.05, 3.63) is 58.9 Å². The minimum absolute atomic E-state index is 0.0657. The molecule has 0 fully saturated rings. The van der Waals surface area contributed by atoms with Crippen molar-refractivity contribution in [3.63, 3.8) is 0 Å². The highest BCUT2D eigenvalue weighted by Gasteiger charge is 2.15. The van der Waals surface area contributed by atoms with E-state index >= 15 is 0 Å². The Hall–Kier alpha value is -3.00. The molecule has 0 saturated heterocycles. The van der Waals surface area contributed by atoms with Crippen LogP contribution in [0.2, 0.25) is 0 Å². The number of hydrogen-bond donors (Lipinski definition) is 1. The molecule has 1 aromatic heterocycles. The van der Waals surface area contributed by atoms with Gasteiger partial charge in [0, 0.05) is 18.7 Å². The Labute approximate surface area is 187 Å². The normalized spacial score (nSPS) is 10.7. The molecule has 0 radical (unpaired) electrons. The number of benzene rings is 2. The predicted octanol–water partition coefficient (Wildman–Crippen LogP) is 4.25. The summed E-state index contributed by atoms with van der Waals surface area (Å²) in [7, 11) is 3.24. The van der Waals surface area contributed by atoms with Crippen LogP contribution in [0.15, 0.2) is 41.6 Å². The summed E-state index contributed by atoms with van der Waals surface area (Å²) in [5.74, 6) is 2.41. The largest absolute Gasteiger partial charge is 0.493 e. The quantitative estimate of drug-likeness (QED) is 0.501. The minimum Gasteiger partial charge on any atom is -0.493 e. The molecule has 0 aliphatic heterocycles. The summed E-state index contributed by atoms with van der Waals surface area (Å²) >= 11 is 1.39. The molecule has 0 unspecified atom stereocenters. The van der Waals surface area contributed by atoms with E-state index in [1.807, 2.05) is 55.7 Å². The molecule has 1 amide bonds. The number of ether oxygens (including phenoxy) is 2. The van der Waals surface area contributed by atoms with Gasteiger partial charge in [0.25, 0.3) is 0 Å². The van der Waals surface area contributed by atoms with E-state index in [-0.39, 0.29) is 11.7 Å². The first-order chi connectivity index (χ1) is 14.9. The van der Waals surface area contributed by atoms with Gasteiger partial charge in [0.15, 0.2) is 16.7 Å². The van der Waals surface area contributed by atoms with Crippen LogP contribution in [0.4, 0.5) is 5.69 Å². The highest BCUT2D eigenvalue weighted by Crippen LogP contribution is 2.29.